The van der Waals surface area contributed by atoms with Gasteiger partial charge in [-0.25, -0.2) is 4.79 Å². The van der Waals surface area contributed by atoms with Crippen LogP contribution in [0, 0.1) is 0 Å². The molecule has 3 nitrogen and oxygen atoms in total. The van der Waals surface area contributed by atoms with E-state index in [1.54, 1.807) is 4.90 Å². The van der Waals surface area contributed by atoms with Crippen LogP contribution in [0.4, 0.5) is 10.5 Å². The summed E-state index contributed by atoms with van der Waals surface area (Å²) in [6.45, 7) is 2.63. The molecule has 1 aromatic rings. The van der Waals surface area contributed by atoms with Crippen LogP contribution in [0.15, 0.2) is 30.3 Å². The van der Waals surface area contributed by atoms with E-state index in [1.807, 2.05) is 30.3 Å². The Bertz CT molecular complexity index is 337. The fourth-order valence-corrected chi connectivity index (χ4v) is 1.91. The van der Waals surface area contributed by atoms with E-state index in [4.69, 9.17) is 4.74 Å². The fourth-order valence-electron chi connectivity index (χ4n) is 1.91. The molecule has 2 rings (SSSR count). The van der Waals surface area contributed by atoms with Gasteiger partial charge in [0.15, 0.2) is 0 Å². The van der Waals surface area contributed by atoms with Crippen LogP contribution in [0.25, 0.3) is 0 Å². The van der Waals surface area contributed by atoms with Crippen molar-refractivity contribution in [1.82, 2.24) is 0 Å². The summed E-state index contributed by atoms with van der Waals surface area (Å²) in [5.41, 5.74) is 0.929. The third-order valence-electron chi connectivity index (χ3n) is 2.62. The van der Waals surface area contributed by atoms with E-state index in [0.29, 0.717) is 6.61 Å². The maximum Gasteiger partial charge on any atom is 0.414 e. The lowest BCUT2D eigenvalue weighted by molar-refractivity contribution is 0.178. The number of hydrogen-bond acceptors (Lipinski definition) is 2. The number of ether oxygens (including phenoxy) is 1. The maximum absolute atomic E-state index is 11.6. The first-order chi connectivity index (χ1) is 7.33. The van der Waals surface area contributed by atoms with Crippen molar-refractivity contribution in [2.75, 3.05) is 11.5 Å². The molecule has 1 atom stereocenters. The van der Waals surface area contributed by atoms with Gasteiger partial charge in [-0.05, 0) is 18.6 Å². The second kappa shape index (κ2) is 4.34. The van der Waals surface area contributed by atoms with E-state index in [-0.39, 0.29) is 12.1 Å². The number of carbonyl (C=O) groups excluding carboxylic acids is 1. The van der Waals surface area contributed by atoms with Crippen molar-refractivity contribution in [2.45, 2.75) is 25.8 Å². The number of para-hydroxylation sites is 1. The van der Waals surface area contributed by atoms with E-state index < -0.39 is 0 Å². The first-order valence-electron chi connectivity index (χ1n) is 5.34. The molecular formula is C12H15NO2. The lowest BCUT2D eigenvalue weighted by Gasteiger charge is -2.20. The lowest BCUT2D eigenvalue weighted by atomic mass is 10.1. The summed E-state index contributed by atoms with van der Waals surface area (Å²) in [4.78, 5) is 13.3. The summed E-state index contributed by atoms with van der Waals surface area (Å²) < 4.78 is 5.07. The van der Waals surface area contributed by atoms with Gasteiger partial charge in [-0.2, -0.15) is 0 Å². The standard InChI is InChI=1S/C12H15NO2/c1-2-6-11-9-15-12(14)13(11)10-7-4-3-5-8-10/h3-5,7-8,11H,2,6,9H2,1H3. The van der Waals surface area contributed by atoms with E-state index in [1.165, 1.54) is 0 Å². The number of amides is 1. The average Bonchev–Trinajstić information content (AvgIpc) is 2.62. The Morgan fingerprint density at radius 3 is 2.80 bits per heavy atom. The van der Waals surface area contributed by atoms with Gasteiger partial charge in [0.2, 0.25) is 0 Å². The number of anilines is 1. The van der Waals surface area contributed by atoms with Crippen molar-refractivity contribution in [3.05, 3.63) is 30.3 Å². The molecule has 0 aliphatic carbocycles. The summed E-state index contributed by atoms with van der Waals surface area (Å²) in [6.07, 6.45) is 1.82. The van der Waals surface area contributed by atoms with E-state index >= 15 is 0 Å². The Kier molecular flexibility index (Phi) is 2.90. The van der Waals surface area contributed by atoms with Crippen LogP contribution in [-0.4, -0.2) is 18.7 Å². The molecule has 1 amide bonds. The van der Waals surface area contributed by atoms with Crippen molar-refractivity contribution < 1.29 is 9.53 Å². The molecule has 0 bridgehead atoms. The third-order valence-corrected chi connectivity index (χ3v) is 2.62. The second-order valence-electron chi connectivity index (χ2n) is 3.72. The van der Waals surface area contributed by atoms with Crippen molar-refractivity contribution in [1.29, 1.82) is 0 Å². The number of nitrogens with zero attached hydrogens (tertiary/aromatic N) is 1. The van der Waals surface area contributed by atoms with Gasteiger partial charge < -0.3 is 4.74 Å². The van der Waals surface area contributed by atoms with Gasteiger partial charge in [-0.3, -0.25) is 4.90 Å². The van der Waals surface area contributed by atoms with Crippen molar-refractivity contribution in [2.24, 2.45) is 0 Å². The second-order valence-corrected chi connectivity index (χ2v) is 3.72. The molecular weight excluding hydrogens is 190 g/mol. The highest BCUT2D eigenvalue weighted by Crippen LogP contribution is 2.24. The summed E-state index contributed by atoms with van der Waals surface area (Å²) in [5.74, 6) is 0. The Hall–Kier alpha value is -1.51. The first kappa shape index (κ1) is 10.0. The van der Waals surface area contributed by atoms with Gasteiger partial charge in [-0.15, -0.1) is 0 Å². The highest BCUT2D eigenvalue weighted by atomic mass is 16.6. The highest BCUT2D eigenvalue weighted by molar-refractivity contribution is 5.90. The predicted octanol–water partition coefficient (Wildman–Crippen LogP) is 2.81. The van der Waals surface area contributed by atoms with Gasteiger partial charge >= 0.3 is 6.09 Å². The topological polar surface area (TPSA) is 29.5 Å². The highest BCUT2D eigenvalue weighted by Gasteiger charge is 2.33. The maximum atomic E-state index is 11.6. The normalized spacial score (nSPS) is 20.5. The lowest BCUT2D eigenvalue weighted by Crippen LogP contribution is -2.33. The molecule has 1 saturated heterocycles. The molecule has 80 valence electrons. The van der Waals surface area contributed by atoms with E-state index in [9.17, 15) is 4.79 Å². The molecule has 0 radical (unpaired) electrons. The molecule has 1 fully saturated rings. The van der Waals surface area contributed by atoms with E-state index in [2.05, 4.69) is 6.92 Å². The minimum atomic E-state index is -0.223. The molecule has 1 aromatic carbocycles. The monoisotopic (exact) mass is 205 g/mol. The SMILES string of the molecule is CCCC1COC(=O)N1c1ccccc1. The molecule has 1 aliphatic heterocycles. The predicted molar refractivity (Wildman–Crippen MR) is 59.0 cm³/mol. The Morgan fingerprint density at radius 1 is 1.40 bits per heavy atom. The van der Waals surface area contributed by atoms with Gasteiger partial charge in [0.05, 0.1) is 6.04 Å². The van der Waals surface area contributed by atoms with E-state index in [0.717, 1.165) is 18.5 Å². The van der Waals surface area contributed by atoms with Crippen molar-refractivity contribution in [3.8, 4) is 0 Å². The van der Waals surface area contributed by atoms with Gasteiger partial charge in [0.1, 0.15) is 6.61 Å². The molecule has 15 heavy (non-hydrogen) atoms. The summed E-state index contributed by atoms with van der Waals surface area (Å²) in [6, 6.07) is 9.89. The van der Waals surface area contributed by atoms with Crippen LogP contribution in [0.2, 0.25) is 0 Å². The van der Waals surface area contributed by atoms with Gasteiger partial charge in [0.25, 0.3) is 0 Å². The minimum Gasteiger partial charge on any atom is -0.447 e. The molecule has 0 saturated carbocycles. The zero-order chi connectivity index (χ0) is 10.7. The zero-order valence-electron chi connectivity index (χ0n) is 8.85. The molecule has 3 heteroatoms. The number of benzene rings is 1. The fraction of sp³-hybridized carbons (Fsp3) is 0.417. The van der Waals surface area contributed by atoms with Crippen LogP contribution < -0.4 is 4.90 Å². The Morgan fingerprint density at radius 2 is 2.13 bits per heavy atom. The number of hydrogen-bond donors (Lipinski definition) is 0. The number of carbonyl (C=O) groups is 1. The van der Waals surface area contributed by atoms with Gasteiger partial charge in [-0.1, -0.05) is 31.5 Å². The van der Waals surface area contributed by atoms with Crippen molar-refractivity contribution in [3.63, 3.8) is 0 Å². The molecule has 0 aromatic heterocycles. The van der Waals surface area contributed by atoms with Crippen LogP contribution in [0.3, 0.4) is 0 Å². The molecule has 1 unspecified atom stereocenters. The quantitative estimate of drug-likeness (QED) is 0.759. The van der Waals surface area contributed by atoms with Crippen LogP contribution in [0.1, 0.15) is 19.8 Å². The largest absolute Gasteiger partial charge is 0.447 e. The minimum absolute atomic E-state index is 0.199. The summed E-state index contributed by atoms with van der Waals surface area (Å²) >= 11 is 0. The summed E-state index contributed by atoms with van der Waals surface area (Å²) in [7, 11) is 0. The average molecular weight is 205 g/mol. The first-order valence-corrected chi connectivity index (χ1v) is 5.34. The molecule has 1 aliphatic rings. The number of rotatable bonds is 3. The van der Waals surface area contributed by atoms with Crippen LogP contribution >= 0.6 is 0 Å². The summed E-state index contributed by atoms with van der Waals surface area (Å²) in [5, 5.41) is 0. The van der Waals surface area contributed by atoms with Crippen LogP contribution in [-0.2, 0) is 4.74 Å². The van der Waals surface area contributed by atoms with Crippen LogP contribution in [0.5, 0.6) is 0 Å². The van der Waals surface area contributed by atoms with Gasteiger partial charge in [0, 0.05) is 5.69 Å². The molecule has 1 heterocycles. The zero-order valence-corrected chi connectivity index (χ0v) is 8.85. The molecule has 0 N–H and O–H groups in total. The number of cyclic esters (lactones) is 1. The molecule has 0 spiro atoms. The third kappa shape index (κ3) is 1.96. The van der Waals surface area contributed by atoms with Crippen molar-refractivity contribution >= 4 is 11.8 Å². The Labute approximate surface area is 89.7 Å². The Balaban J connectivity index is 2.21. The smallest absolute Gasteiger partial charge is 0.414 e.